The molecule has 3 heterocycles. The van der Waals surface area contributed by atoms with Gasteiger partial charge in [0.15, 0.2) is 5.82 Å². The van der Waals surface area contributed by atoms with Crippen LogP contribution in [0.15, 0.2) is 31.0 Å². The van der Waals surface area contributed by atoms with Gasteiger partial charge in [-0.3, -0.25) is 9.48 Å². The second-order valence-corrected chi connectivity index (χ2v) is 5.79. The molecule has 3 aromatic heterocycles. The van der Waals surface area contributed by atoms with Crippen LogP contribution in [-0.4, -0.2) is 49.2 Å². The van der Waals surface area contributed by atoms with Gasteiger partial charge < -0.3 is 10.1 Å². The largest absolute Gasteiger partial charge is 0.383 e. The fourth-order valence-corrected chi connectivity index (χ4v) is 2.67. The zero-order chi connectivity index (χ0) is 18.5. The highest BCUT2D eigenvalue weighted by atomic mass is 16.5. The molecule has 1 N–H and O–H groups in total. The van der Waals surface area contributed by atoms with Crippen molar-refractivity contribution in [2.24, 2.45) is 0 Å². The van der Waals surface area contributed by atoms with Crippen LogP contribution >= 0.6 is 0 Å². The lowest BCUT2D eigenvalue weighted by atomic mass is 10.2. The maximum atomic E-state index is 12.5. The van der Waals surface area contributed by atoms with Gasteiger partial charge in [-0.25, -0.2) is 14.6 Å². The highest BCUT2D eigenvalue weighted by molar-refractivity contribution is 5.94. The number of amides is 1. The first-order valence-corrected chi connectivity index (χ1v) is 8.21. The van der Waals surface area contributed by atoms with Crippen molar-refractivity contribution < 1.29 is 9.53 Å². The van der Waals surface area contributed by atoms with E-state index in [2.05, 4.69) is 25.5 Å². The fourth-order valence-electron chi connectivity index (χ4n) is 2.67. The van der Waals surface area contributed by atoms with Gasteiger partial charge in [-0.15, -0.1) is 0 Å². The molecule has 0 aliphatic rings. The first kappa shape index (κ1) is 17.7. The van der Waals surface area contributed by atoms with E-state index in [9.17, 15) is 4.79 Å². The van der Waals surface area contributed by atoms with E-state index < -0.39 is 0 Å². The Morgan fingerprint density at radius 2 is 2.19 bits per heavy atom. The molecule has 0 spiro atoms. The van der Waals surface area contributed by atoms with Crippen LogP contribution < -0.4 is 5.32 Å². The molecule has 1 amide bonds. The second kappa shape index (κ2) is 7.87. The second-order valence-electron chi connectivity index (χ2n) is 5.79. The molecule has 3 aromatic rings. The molecule has 3 rings (SSSR count). The van der Waals surface area contributed by atoms with Crippen molar-refractivity contribution in [3.05, 3.63) is 53.5 Å². The van der Waals surface area contributed by atoms with Crippen LogP contribution in [0.25, 0.3) is 5.82 Å². The van der Waals surface area contributed by atoms with Crippen LogP contribution in [0.5, 0.6) is 0 Å². The molecule has 0 aliphatic heterocycles. The molecule has 9 nitrogen and oxygen atoms in total. The molecular formula is C17H21N7O2. The normalized spacial score (nSPS) is 10.9. The van der Waals surface area contributed by atoms with Gasteiger partial charge in [-0.05, 0) is 26.0 Å². The highest BCUT2D eigenvalue weighted by Gasteiger charge is 2.14. The summed E-state index contributed by atoms with van der Waals surface area (Å²) in [5.41, 5.74) is 3.45. The molecule has 0 atom stereocenters. The number of aromatic nitrogens is 6. The van der Waals surface area contributed by atoms with Gasteiger partial charge in [0.2, 0.25) is 0 Å². The van der Waals surface area contributed by atoms with Gasteiger partial charge in [0, 0.05) is 36.7 Å². The summed E-state index contributed by atoms with van der Waals surface area (Å²) in [6.45, 7) is 5.61. The Kier molecular flexibility index (Phi) is 5.37. The molecule has 0 radical (unpaired) electrons. The molecule has 0 aliphatic carbocycles. The van der Waals surface area contributed by atoms with Crippen molar-refractivity contribution in [1.82, 2.24) is 34.8 Å². The van der Waals surface area contributed by atoms with E-state index in [1.807, 2.05) is 18.5 Å². The van der Waals surface area contributed by atoms with E-state index in [4.69, 9.17) is 4.74 Å². The number of hydrogen-bond donors (Lipinski definition) is 1. The van der Waals surface area contributed by atoms with Gasteiger partial charge in [-0.1, -0.05) is 0 Å². The van der Waals surface area contributed by atoms with Gasteiger partial charge in [-0.2, -0.15) is 10.2 Å². The summed E-state index contributed by atoms with van der Waals surface area (Å²) in [4.78, 5) is 20.6. The number of nitrogens with one attached hydrogen (secondary N) is 1. The molecule has 136 valence electrons. The van der Waals surface area contributed by atoms with Gasteiger partial charge in [0.05, 0.1) is 18.8 Å². The zero-order valence-electron chi connectivity index (χ0n) is 15.0. The average molecular weight is 355 g/mol. The fraction of sp³-hybridized carbons (Fsp3) is 0.353. The Labute approximate surface area is 151 Å². The molecular weight excluding hydrogens is 334 g/mol. The molecule has 0 saturated carbocycles. The number of aryl methyl sites for hydroxylation is 1. The summed E-state index contributed by atoms with van der Waals surface area (Å²) in [6, 6.07) is 3.34. The van der Waals surface area contributed by atoms with Crippen molar-refractivity contribution in [3.63, 3.8) is 0 Å². The molecule has 0 fully saturated rings. The van der Waals surface area contributed by atoms with E-state index >= 15 is 0 Å². The molecule has 0 aromatic carbocycles. The molecule has 0 saturated heterocycles. The maximum Gasteiger partial charge on any atom is 0.251 e. The number of pyridine rings is 1. The van der Waals surface area contributed by atoms with E-state index in [1.165, 1.54) is 17.3 Å². The van der Waals surface area contributed by atoms with Crippen LogP contribution in [-0.2, 0) is 17.8 Å². The number of ether oxygens (including phenoxy) is 1. The van der Waals surface area contributed by atoms with E-state index in [0.29, 0.717) is 31.1 Å². The SMILES string of the molecule is COCCn1nc(C)c(CNC(=O)c2ccnc(-n3cncn3)c2)c1C. The topological polar surface area (TPSA) is 99.8 Å². The lowest BCUT2D eigenvalue weighted by Crippen LogP contribution is -2.23. The number of carbonyl (C=O) groups is 1. The molecule has 0 unspecified atom stereocenters. The van der Waals surface area contributed by atoms with Crippen LogP contribution in [0.4, 0.5) is 0 Å². The number of rotatable bonds is 7. The van der Waals surface area contributed by atoms with Crippen molar-refractivity contribution in [1.29, 1.82) is 0 Å². The minimum atomic E-state index is -0.183. The Bertz CT molecular complexity index is 887. The lowest BCUT2D eigenvalue weighted by Gasteiger charge is -2.08. The quantitative estimate of drug-likeness (QED) is 0.680. The molecule has 0 bridgehead atoms. The minimum absolute atomic E-state index is 0.183. The van der Waals surface area contributed by atoms with Gasteiger partial charge in [0.25, 0.3) is 5.91 Å². The van der Waals surface area contributed by atoms with Crippen LogP contribution in [0.2, 0.25) is 0 Å². The standard InChI is InChI=1S/C17H21N7O2/c1-12-15(13(2)23(22-12)6-7-26-3)9-20-17(25)14-4-5-19-16(8-14)24-11-18-10-21-24/h4-5,8,10-11H,6-7,9H2,1-3H3,(H,20,25). The first-order chi connectivity index (χ1) is 12.6. The summed E-state index contributed by atoms with van der Waals surface area (Å²) in [5.74, 6) is 0.354. The van der Waals surface area contributed by atoms with E-state index in [1.54, 1.807) is 25.4 Å². The third-order valence-corrected chi connectivity index (χ3v) is 4.13. The maximum absolute atomic E-state index is 12.5. The van der Waals surface area contributed by atoms with Crippen molar-refractivity contribution >= 4 is 5.91 Å². The third kappa shape index (κ3) is 3.77. The Hall–Kier alpha value is -3.07. The van der Waals surface area contributed by atoms with E-state index in [-0.39, 0.29) is 5.91 Å². The minimum Gasteiger partial charge on any atom is -0.383 e. The van der Waals surface area contributed by atoms with Gasteiger partial charge >= 0.3 is 0 Å². The average Bonchev–Trinajstić information content (AvgIpc) is 3.27. The molecule has 26 heavy (non-hydrogen) atoms. The van der Waals surface area contributed by atoms with Crippen molar-refractivity contribution in [3.8, 4) is 5.82 Å². The van der Waals surface area contributed by atoms with Gasteiger partial charge in [0.1, 0.15) is 12.7 Å². The Morgan fingerprint density at radius 1 is 1.35 bits per heavy atom. The van der Waals surface area contributed by atoms with Crippen molar-refractivity contribution in [2.75, 3.05) is 13.7 Å². The van der Waals surface area contributed by atoms with Crippen molar-refractivity contribution in [2.45, 2.75) is 26.9 Å². The number of carbonyl (C=O) groups excluding carboxylic acids is 1. The summed E-state index contributed by atoms with van der Waals surface area (Å²) < 4.78 is 8.50. The summed E-state index contributed by atoms with van der Waals surface area (Å²) in [6.07, 6.45) is 4.53. The Morgan fingerprint density at radius 3 is 2.92 bits per heavy atom. The summed E-state index contributed by atoms with van der Waals surface area (Å²) in [7, 11) is 1.66. The molecule has 9 heteroatoms. The van der Waals surface area contributed by atoms with Crippen LogP contribution in [0.3, 0.4) is 0 Å². The number of nitrogens with zero attached hydrogens (tertiary/aromatic N) is 6. The van der Waals surface area contributed by atoms with E-state index in [0.717, 1.165) is 17.0 Å². The van der Waals surface area contributed by atoms with Crippen LogP contribution in [0.1, 0.15) is 27.3 Å². The summed E-state index contributed by atoms with van der Waals surface area (Å²) >= 11 is 0. The Balaban J connectivity index is 1.70. The lowest BCUT2D eigenvalue weighted by molar-refractivity contribution is 0.0950. The predicted molar refractivity (Wildman–Crippen MR) is 93.9 cm³/mol. The number of methoxy groups -OCH3 is 1. The smallest absolute Gasteiger partial charge is 0.251 e. The van der Waals surface area contributed by atoms with Crippen LogP contribution in [0, 0.1) is 13.8 Å². The highest BCUT2D eigenvalue weighted by Crippen LogP contribution is 2.13. The monoisotopic (exact) mass is 355 g/mol. The first-order valence-electron chi connectivity index (χ1n) is 8.21. The summed E-state index contributed by atoms with van der Waals surface area (Å²) in [5, 5.41) is 11.5. The predicted octanol–water partition coefficient (Wildman–Crippen LogP) is 1.05. The third-order valence-electron chi connectivity index (χ3n) is 4.13. The number of hydrogen-bond acceptors (Lipinski definition) is 6. The zero-order valence-corrected chi connectivity index (χ0v) is 15.0.